The zero-order valence-electron chi connectivity index (χ0n) is 8.81. The Balaban J connectivity index is 1.98. The molecule has 3 aliphatic heterocycles. The average Bonchev–Trinajstić information content (AvgIpc) is 2.71. The standard InChI is InChI=1S/C12H15NO2/c1-15-11-4-2-3-9(5-11)12(14)8-13-6-10(12)7-13/h2-5,10,14H,6-8H2,1H3. The zero-order chi connectivity index (χ0) is 10.5. The van der Waals surface area contributed by atoms with Crippen LogP contribution in [-0.2, 0) is 5.60 Å². The van der Waals surface area contributed by atoms with Crippen molar-refractivity contribution in [2.45, 2.75) is 5.60 Å². The summed E-state index contributed by atoms with van der Waals surface area (Å²) in [6.45, 7) is 2.84. The first-order chi connectivity index (χ1) is 7.22. The van der Waals surface area contributed by atoms with Gasteiger partial charge < -0.3 is 9.84 Å². The monoisotopic (exact) mass is 205 g/mol. The summed E-state index contributed by atoms with van der Waals surface area (Å²) in [6, 6.07) is 7.79. The largest absolute Gasteiger partial charge is 0.497 e. The summed E-state index contributed by atoms with van der Waals surface area (Å²) >= 11 is 0. The summed E-state index contributed by atoms with van der Waals surface area (Å²) in [4.78, 5) is 2.28. The second-order valence-corrected chi connectivity index (χ2v) is 4.55. The number of methoxy groups -OCH3 is 1. The van der Waals surface area contributed by atoms with E-state index < -0.39 is 5.60 Å². The van der Waals surface area contributed by atoms with Gasteiger partial charge in [0.1, 0.15) is 11.4 Å². The fourth-order valence-corrected chi connectivity index (χ4v) is 2.69. The van der Waals surface area contributed by atoms with Crippen LogP contribution in [-0.4, -0.2) is 36.8 Å². The lowest BCUT2D eigenvalue weighted by molar-refractivity contribution is 0.0245. The van der Waals surface area contributed by atoms with Gasteiger partial charge in [0.2, 0.25) is 0 Å². The number of hydrogen-bond acceptors (Lipinski definition) is 3. The van der Waals surface area contributed by atoms with Crippen LogP contribution in [0.2, 0.25) is 0 Å². The van der Waals surface area contributed by atoms with E-state index in [2.05, 4.69) is 4.90 Å². The molecular formula is C12H15NO2. The number of aliphatic hydroxyl groups is 1. The van der Waals surface area contributed by atoms with Crippen LogP contribution in [0.25, 0.3) is 0 Å². The van der Waals surface area contributed by atoms with Crippen LogP contribution >= 0.6 is 0 Å². The maximum Gasteiger partial charge on any atom is 0.119 e. The molecule has 2 bridgehead atoms. The highest BCUT2D eigenvalue weighted by Gasteiger charge is 2.54. The third-order valence-electron chi connectivity index (χ3n) is 3.67. The molecule has 15 heavy (non-hydrogen) atoms. The first-order valence-electron chi connectivity index (χ1n) is 5.31. The fraction of sp³-hybridized carbons (Fsp3) is 0.500. The van der Waals surface area contributed by atoms with Gasteiger partial charge in [-0.2, -0.15) is 0 Å². The van der Waals surface area contributed by atoms with Gasteiger partial charge in [-0.3, -0.25) is 4.90 Å². The molecule has 0 radical (unpaired) electrons. The lowest BCUT2D eigenvalue weighted by atomic mass is 9.84. The molecule has 1 aromatic rings. The number of ether oxygens (including phenoxy) is 1. The second kappa shape index (κ2) is 2.97. The van der Waals surface area contributed by atoms with Gasteiger partial charge in [-0.1, -0.05) is 12.1 Å². The van der Waals surface area contributed by atoms with Crippen molar-refractivity contribution in [1.82, 2.24) is 4.90 Å². The van der Waals surface area contributed by atoms with E-state index in [1.54, 1.807) is 7.11 Å². The van der Waals surface area contributed by atoms with Crippen LogP contribution in [0.4, 0.5) is 0 Å². The SMILES string of the molecule is COc1cccc(C2(O)CN3CC2C3)c1. The molecule has 0 saturated carbocycles. The van der Waals surface area contributed by atoms with Gasteiger partial charge in [-0.05, 0) is 17.7 Å². The number of benzene rings is 1. The van der Waals surface area contributed by atoms with Crippen LogP contribution in [0.5, 0.6) is 5.75 Å². The molecule has 4 rings (SSSR count). The van der Waals surface area contributed by atoms with E-state index in [1.165, 1.54) is 0 Å². The van der Waals surface area contributed by atoms with E-state index in [0.717, 1.165) is 30.9 Å². The molecule has 3 heteroatoms. The van der Waals surface area contributed by atoms with Crippen molar-refractivity contribution < 1.29 is 9.84 Å². The minimum Gasteiger partial charge on any atom is -0.497 e. The number of nitrogens with zero attached hydrogens (tertiary/aromatic N) is 1. The molecule has 3 saturated heterocycles. The van der Waals surface area contributed by atoms with Crippen molar-refractivity contribution in [2.24, 2.45) is 5.92 Å². The van der Waals surface area contributed by atoms with Gasteiger partial charge in [-0.25, -0.2) is 0 Å². The van der Waals surface area contributed by atoms with Crippen molar-refractivity contribution in [3.8, 4) is 5.75 Å². The number of hydrogen-bond donors (Lipinski definition) is 1. The van der Waals surface area contributed by atoms with E-state index in [-0.39, 0.29) is 0 Å². The highest BCUT2D eigenvalue weighted by molar-refractivity contribution is 5.35. The van der Waals surface area contributed by atoms with Gasteiger partial charge in [0.05, 0.1) is 7.11 Å². The van der Waals surface area contributed by atoms with Crippen LogP contribution in [0.3, 0.4) is 0 Å². The highest BCUT2D eigenvalue weighted by atomic mass is 16.5. The van der Waals surface area contributed by atoms with Crippen LogP contribution in [0, 0.1) is 5.92 Å². The third-order valence-corrected chi connectivity index (χ3v) is 3.67. The van der Waals surface area contributed by atoms with Crippen LogP contribution in [0.15, 0.2) is 24.3 Å². The molecule has 1 atom stereocenters. The maximum atomic E-state index is 10.6. The van der Waals surface area contributed by atoms with E-state index >= 15 is 0 Å². The average molecular weight is 205 g/mol. The van der Waals surface area contributed by atoms with Gasteiger partial charge in [0.15, 0.2) is 0 Å². The summed E-state index contributed by atoms with van der Waals surface area (Å²) in [6.07, 6.45) is 0. The molecule has 0 aromatic heterocycles. The topological polar surface area (TPSA) is 32.7 Å². The zero-order valence-corrected chi connectivity index (χ0v) is 8.81. The van der Waals surface area contributed by atoms with Gasteiger partial charge in [0.25, 0.3) is 0 Å². The summed E-state index contributed by atoms with van der Waals surface area (Å²) in [7, 11) is 1.65. The maximum absolute atomic E-state index is 10.6. The normalized spacial score (nSPS) is 37.5. The molecule has 3 fully saturated rings. The molecule has 1 aromatic carbocycles. The predicted molar refractivity (Wildman–Crippen MR) is 56.8 cm³/mol. The minimum absolute atomic E-state index is 0.407. The van der Waals surface area contributed by atoms with Crippen LogP contribution in [0.1, 0.15) is 5.56 Å². The molecule has 0 spiro atoms. The highest BCUT2D eigenvalue weighted by Crippen LogP contribution is 2.44. The number of fused-ring (bicyclic) bond motifs is 1. The Labute approximate surface area is 89.3 Å². The molecule has 3 aliphatic rings. The molecule has 80 valence electrons. The first kappa shape index (κ1) is 9.19. The minimum atomic E-state index is -0.644. The van der Waals surface area contributed by atoms with Crippen molar-refractivity contribution in [1.29, 1.82) is 0 Å². The van der Waals surface area contributed by atoms with Gasteiger partial charge >= 0.3 is 0 Å². The van der Waals surface area contributed by atoms with Crippen molar-refractivity contribution >= 4 is 0 Å². The lowest BCUT2D eigenvalue weighted by Crippen LogP contribution is -2.39. The van der Waals surface area contributed by atoms with E-state index in [9.17, 15) is 5.11 Å². The quantitative estimate of drug-likeness (QED) is 0.776. The molecule has 0 aliphatic carbocycles. The Bertz CT molecular complexity index is 387. The Hall–Kier alpha value is -1.06. The lowest BCUT2D eigenvalue weighted by Gasteiger charge is -2.31. The predicted octanol–water partition coefficient (Wildman–Crippen LogP) is 0.828. The third kappa shape index (κ3) is 1.20. The molecular weight excluding hydrogens is 190 g/mol. The van der Waals surface area contributed by atoms with Crippen molar-refractivity contribution in [2.75, 3.05) is 26.7 Å². The first-order valence-corrected chi connectivity index (χ1v) is 5.31. The smallest absolute Gasteiger partial charge is 0.119 e. The molecule has 0 amide bonds. The molecule has 1 unspecified atom stereocenters. The van der Waals surface area contributed by atoms with Gasteiger partial charge in [-0.15, -0.1) is 0 Å². The Kier molecular flexibility index (Phi) is 1.82. The van der Waals surface area contributed by atoms with E-state index in [4.69, 9.17) is 4.74 Å². The Morgan fingerprint density at radius 1 is 1.47 bits per heavy atom. The number of rotatable bonds is 2. The molecule has 3 heterocycles. The van der Waals surface area contributed by atoms with E-state index in [1.807, 2.05) is 24.3 Å². The molecule has 1 N–H and O–H groups in total. The van der Waals surface area contributed by atoms with Crippen LogP contribution < -0.4 is 4.74 Å². The summed E-state index contributed by atoms with van der Waals surface area (Å²) < 4.78 is 5.18. The Morgan fingerprint density at radius 2 is 2.27 bits per heavy atom. The summed E-state index contributed by atoms with van der Waals surface area (Å²) in [5, 5.41) is 10.6. The fourth-order valence-electron chi connectivity index (χ4n) is 2.69. The van der Waals surface area contributed by atoms with Crippen molar-refractivity contribution in [3.05, 3.63) is 29.8 Å². The molecule has 3 nitrogen and oxygen atoms in total. The van der Waals surface area contributed by atoms with E-state index in [0.29, 0.717) is 5.92 Å². The second-order valence-electron chi connectivity index (χ2n) is 4.55. The Morgan fingerprint density at radius 3 is 2.87 bits per heavy atom. The summed E-state index contributed by atoms with van der Waals surface area (Å²) in [5.41, 5.74) is 0.348. The van der Waals surface area contributed by atoms with Crippen molar-refractivity contribution in [3.63, 3.8) is 0 Å². The summed E-state index contributed by atoms with van der Waals surface area (Å²) in [5.74, 6) is 1.23. The van der Waals surface area contributed by atoms with Gasteiger partial charge in [0, 0.05) is 25.6 Å².